The molecule has 0 radical (unpaired) electrons. The molecule has 1 unspecified atom stereocenters. The lowest BCUT2D eigenvalue weighted by molar-refractivity contribution is 0.423. The minimum absolute atomic E-state index is 0.227. The largest absolute Gasteiger partial charge is 0.313 e. The van der Waals surface area contributed by atoms with Crippen molar-refractivity contribution in [3.63, 3.8) is 0 Å². The van der Waals surface area contributed by atoms with E-state index in [1.165, 1.54) is 0 Å². The van der Waals surface area contributed by atoms with Crippen LogP contribution in [0.2, 0.25) is 0 Å². The average molecular weight is 296 g/mol. The number of nitrogens with zero attached hydrogens (tertiary/aromatic N) is 1. The summed E-state index contributed by atoms with van der Waals surface area (Å²) in [7, 11) is -1.43. The molecular weight excluding hydrogens is 272 g/mol. The molecule has 1 fully saturated rings. The molecule has 20 heavy (non-hydrogen) atoms. The molecule has 1 saturated heterocycles. The Morgan fingerprint density at radius 3 is 2.10 bits per heavy atom. The summed E-state index contributed by atoms with van der Waals surface area (Å²) in [5.41, 5.74) is 1.10. The molecule has 5 heteroatoms. The molecule has 0 saturated carbocycles. The second-order valence-electron chi connectivity index (χ2n) is 5.40. The monoisotopic (exact) mass is 296 g/mol. The first-order valence-corrected chi connectivity index (χ1v) is 8.77. The van der Waals surface area contributed by atoms with Crippen molar-refractivity contribution >= 4 is 10.0 Å². The molecule has 1 N–H and O–H groups in total. The summed E-state index contributed by atoms with van der Waals surface area (Å²) in [6, 6.07) is 7.47. The summed E-state index contributed by atoms with van der Waals surface area (Å²) >= 11 is 0. The molecule has 1 aromatic carbocycles. The second-order valence-corrected chi connectivity index (χ2v) is 7.34. The van der Waals surface area contributed by atoms with Gasteiger partial charge in [-0.05, 0) is 44.5 Å². The van der Waals surface area contributed by atoms with Gasteiger partial charge in [-0.1, -0.05) is 25.0 Å². The highest BCUT2D eigenvalue weighted by molar-refractivity contribution is 7.89. The number of sulfonamides is 1. The zero-order valence-electron chi connectivity index (χ0n) is 12.3. The van der Waals surface area contributed by atoms with Crippen LogP contribution in [0, 0.1) is 0 Å². The minimum Gasteiger partial charge on any atom is -0.313 e. The molecule has 1 atom stereocenters. The Kier molecular flexibility index (Phi) is 5.18. The van der Waals surface area contributed by atoms with Crippen LogP contribution in [0.1, 0.15) is 44.2 Å². The van der Waals surface area contributed by atoms with Gasteiger partial charge in [0.05, 0.1) is 4.90 Å². The van der Waals surface area contributed by atoms with Crippen LogP contribution in [0.25, 0.3) is 0 Å². The molecule has 4 nitrogen and oxygen atoms in total. The van der Waals surface area contributed by atoms with Gasteiger partial charge >= 0.3 is 0 Å². The van der Waals surface area contributed by atoms with Crippen LogP contribution in [-0.2, 0) is 10.0 Å². The topological polar surface area (TPSA) is 49.4 Å². The fourth-order valence-electron chi connectivity index (χ4n) is 2.53. The predicted molar refractivity (Wildman–Crippen MR) is 81.1 cm³/mol. The predicted octanol–water partition coefficient (Wildman–Crippen LogP) is 2.53. The Morgan fingerprint density at radius 1 is 1.05 bits per heavy atom. The summed E-state index contributed by atoms with van der Waals surface area (Å²) in [5, 5.41) is 3.15. The van der Waals surface area contributed by atoms with Gasteiger partial charge in [-0.15, -0.1) is 0 Å². The molecule has 1 aliphatic rings. The fraction of sp³-hybridized carbons (Fsp3) is 0.600. The van der Waals surface area contributed by atoms with Crippen molar-refractivity contribution in [1.82, 2.24) is 9.62 Å². The maximum atomic E-state index is 12.6. The van der Waals surface area contributed by atoms with Gasteiger partial charge in [-0.3, -0.25) is 0 Å². The molecular formula is C15H24N2O2S. The third-order valence-corrected chi connectivity index (χ3v) is 5.93. The van der Waals surface area contributed by atoms with Crippen LogP contribution in [0.4, 0.5) is 0 Å². The molecule has 0 bridgehead atoms. The van der Waals surface area contributed by atoms with E-state index in [0.29, 0.717) is 18.0 Å². The number of rotatable bonds is 4. The molecule has 1 aliphatic heterocycles. The molecule has 1 heterocycles. The maximum Gasteiger partial charge on any atom is 0.243 e. The van der Waals surface area contributed by atoms with Crippen LogP contribution in [0.5, 0.6) is 0 Å². The van der Waals surface area contributed by atoms with Crippen molar-refractivity contribution in [2.45, 2.75) is 43.5 Å². The first kappa shape index (κ1) is 15.5. The van der Waals surface area contributed by atoms with E-state index in [1.807, 2.05) is 19.2 Å². The molecule has 0 aliphatic carbocycles. The molecule has 1 aromatic rings. The Balaban J connectivity index is 2.20. The smallest absolute Gasteiger partial charge is 0.243 e. The van der Waals surface area contributed by atoms with E-state index in [1.54, 1.807) is 16.4 Å². The third kappa shape index (κ3) is 3.40. The Morgan fingerprint density at radius 2 is 1.60 bits per heavy atom. The van der Waals surface area contributed by atoms with E-state index in [4.69, 9.17) is 0 Å². The molecule has 2 rings (SSSR count). The minimum atomic E-state index is -3.32. The number of hydrogen-bond donors (Lipinski definition) is 1. The van der Waals surface area contributed by atoms with Gasteiger partial charge in [0, 0.05) is 19.1 Å². The zero-order valence-corrected chi connectivity index (χ0v) is 13.1. The molecule has 112 valence electrons. The quantitative estimate of drug-likeness (QED) is 0.929. The lowest BCUT2D eigenvalue weighted by Crippen LogP contribution is -2.31. The van der Waals surface area contributed by atoms with Crippen LogP contribution in [0.3, 0.4) is 0 Å². The van der Waals surface area contributed by atoms with E-state index >= 15 is 0 Å². The number of hydrogen-bond acceptors (Lipinski definition) is 3. The Bertz CT molecular complexity index is 517. The lowest BCUT2D eigenvalue weighted by atomic mass is 10.1. The fourth-order valence-corrected chi connectivity index (χ4v) is 4.04. The van der Waals surface area contributed by atoms with Gasteiger partial charge < -0.3 is 5.32 Å². The van der Waals surface area contributed by atoms with Crippen LogP contribution < -0.4 is 5.32 Å². The number of benzene rings is 1. The van der Waals surface area contributed by atoms with Crippen molar-refractivity contribution in [1.29, 1.82) is 0 Å². The van der Waals surface area contributed by atoms with Gasteiger partial charge in [-0.25, -0.2) is 8.42 Å². The first-order chi connectivity index (χ1) is 9.55. The molecule has 0 amide bonds. The van der Waals surface area contributed by atoms with E-state index in [0.717, 1.165) is 31.2 Å². The van der Waals surface area contributed by atoms with Gasteiger partial charge in [-0.2, -0.15) is 4.31 Å². The highest BCUT2D eigenvalue weighted by atomic mass is 32.2. The van der Waals surface area contributed by atoms with Gasteiger partial charge in [0.15, 0.2) is 0 Å². The Hall–Kier alpha value is -0.910. The van der Waals surface area contributed by atoms with E-state index < -0.39 is 10.0 Å². The summed E-state index contributed by atoms with van der Waals surface area (Å²) in [5.74, 6) is 0. The summed E-state index contributed by atoms with van der Waals surface area (Å²) in [6.07, 6.45) is 4.19. The van der Waals surface area contributed by atoms with Crippen LogP contribution >= 0.6 is 0 Å². The van der Waals surface area contributed by atoms with Gasteiger partial charge in [0.25, 0.3) is 0 Å². The summed E-state index contributed by atoms with van der Waals surface area (Å²) < 4.78 is 26.8. The van der Waals surface area contributed by atoms with E-state index in [2.05, 4.69) is 12.2 Å². The highest BCUT2D eigenvalue weighted by Crippen LogP contribution is 2.22. The van der Waals surface area contributed by atoms with Crippen LogP contribution in [0.15, 0.2) is 29.2 Å². The van der Waals surface area contributed by atoms with Crippen molar-refractivity contribution in [3.8, 4) is 0 Å². The third-order valence-electron chi connectivity index (χ3n) is 4.02. The molecule has 0 aromatic heterocycles. The number of nitrogens with one attached hydrogen (secondary N) is 1. The highest BCUT2D eigenvalue weighted by Gasteiger charge is 2.24. The SMILES string of the molecule is CNC(C)c1ccc(S(=O)(=O)N2CCCCCC2)cc1. The normalized spacial score (nSPS) is 19.5. The summed E-state index contributed by atoms with van der Waals surface area (Å²) in [6.45, 7) is 3.35. The van der Waals surface area contributed by atoms with Crippen molar-refractivity contribution in [3.05, 3.63) is 29.8 Å². The van der Waals surface area contributed by atoms with Crippen LogP contribution in [-0.4, -0.2) is 32.9 Å². The van der Waals surface area contributed by atoms with Gasteiger partial charge in [0.2, 0.25) is 10.0 Å². The van der Waals surface area contributed by atoms with E-state index in [9.17, 15) is 8.42 Å². The van der Waals surface area contributed by atoms with E-state index in [-0.39, 0.29) is 6.04 Å². The van der Waals surface area contributed by atoms with Crippen molar-refractivity contribution < 1.29 is 8.42 Å². The van der Waals surface area contributed by atoms with Crippen molar-refractivity contribution in [2.24, 2.45) is 0 Å². The van der Waals surface area contributed by atoms with Gasteiger partial charge in [0.1, 0.15) is 0 Å². The Labute approximate surface area is 122 Å². The maximum absolute atomic E-state index is 12.6. The second kappa shape index (κ2) is 6.70. The standard InChI is InChI=1S/C15H24N2O2S/c1-13(16-2)14-7-9-15(10-8-14)20(18,19)17-11-5-3-4-6-12-17/h7-10,13,16H,3-6,11-12H2,1-2H3. The average Bonchev–Trinajstić information content (AvgIpc) is 2.76. The lowest BCUT2D eigenvalue weighted by Gasteiger charge is -2.20. The summed E-state index contributed by atoms with van der Waals surface area (Å²) in [4.78, 5) is 0.409. The molecule has 0 spiro atoms. The van der Waals surface area contributed by atoms with Crippen molar-refractivity contribution in [2.75, 3.05) is 20.1 Å². The first-order valence-electron chi connectivity index (χ1n) is 7.33. The zero-order chi connectivity index (χ0) is 14.6.